The van der Waals surface area contributed by atoms with E-state index in [1.807, 2.05) is 26.2 Å². The number of thiophene rings is 1. The Bertz CT molecular complexity index is 596. The van der Waals surface area contributed by atoms with Gasteiger partial charge in [-0.25, -0.2) is 4.39 Å². The lowest BCUT2D eigenvalue weighted by Crippen LogP contribution is -2.23. The standard InChI is InChI=1S/C15H17FO2S/c1-15(2,3)18-14(17)7-4-10-9-19-13-6-5-11(16)8-12(10)13/h5-6,8-9H,4,7H2,1-3H3. The van der Waals surface area contributed by atoms with Gasteiger partial charge in [0.05, 0.1) is 0 Å². The number of hydrogen-bond acceptors (Lipinski definition) is 3. The molecule has 102 valence electrons. The van der Waals surface area contributed by atoms with E-state index in [0.717, 1.165) is 15.6 Å². The molecular weight excluding hydrogens is 263 g/mol. The van der Waals surface area contributed by atoms with Crippen molar-refractivity contribution in [1.29, 1.82) is 0 Å². The summed E-state index contributed by atoms with van der Waals surface area (Å²) in [5, 5.41) is 2.88. The Morgan fingerprint density at radius 2 is 2.11 bits per heavy atom. The summed E-state index contributed by atoms with van der Waals surface area (Å²) in [7, 11) is 0. The van der Waals surface area contributed by atoms with Crippen molar-refractivity contribution in [1.82, 2.24) is 0 Å². The molecule has 0 saturated carbocycles. The predicted octanol–water partition coefficient (Wildman–Crippen LogP) is 4.31. The van der Waals surface area contributed by atoms with Gasteiger partial charge in [0.2, 0.25) is 0 Å². The molecule has 0 N–H and O–H groups in total. The molecule has 0 radical (unpaired) electrons. The van der Waals surface area contributed by atoms with Crippen LogP contribution in [0.15, 0.2) is 23.6 Å². The van der Waals surface area contributed by atoms with Gasteiger partial charge < -0.3 is 4.74 Å². The first-order chi connectivity index (χ1) is 8.85. The van der Waals surface area contributed by atoms with Crippen LogP contribution in [0.2, 0.25) is 0 Å². The summed E-state index contributed by atoms with van der Waals surface area (Å²) in [4.78, 5) is 11.7. The first-order valence-corrected chi connectivity index (χ1v) is 7.10. The number of ether oxygens (including phenoxy) is 1. The zero-order valence-electron chi connectivity index (χ0n) is 11.3. The van der Waals surface area contributed by atoms with Crippen LogP contribution in [-0.2, 0) is 16.0 Å². The Morgan fingerprint density at radius 3 is 2.79 bits per heavy atom. The summed E-state index contributed by atoms with van der Waals surface area (Å²) in [6, 6.07) is 4.75. The predicted molar refractivity (Wildman–Crippen MR) is 75.9 cm³/mol. The second-order valence-corrected chi connectivity index (χ2v) is 6.40. The lowest BCUT2D eigenvalue weighted by Gasteiger charge is -2.19. The van der Waals surface area contributed by atoms with Crippen molar-refractivity contribution in [2.24, 2.45) is 0 Å². The molecule has 19 heavy (non-hydrogen) atoms. The summed E-state index contributed by atoms with van der Waals surface area (Å²) in [6.07, 6.45) is 0.901. The molecule has 0 atom stereocenters. The molecule has 0 unspecified atom stereocenters. The fraction of sp³-hybridized carbons (Fsp3) is 0.400. The van der Waals surface area contributed by atoms with E-state index in [2.05, 4.69) is 0 Å². The van der Waals surface area contributed by atoms with Crippen LogP contribution >= 0.6 is 11.3 Å². The first-order valence-electron chi connectivity index (χ1n) is 6.22. The van der Waals surface area contributed by atoms with E-state index in [1.165, 1.54) is 12.1 Å². The highest BCUT2D eigenvalue weighted by Crippen LogP contribution is 2.27. The van der Waals surface area contributed by atoms with Gasteiger partial charge in [0.15, 0.2) is 0 Å². The maximum absolute atomic E-state index is 13.2. The number of aryl methyl sites for hydroxylation is 1. The molecule has 0 bridgehead atoms. The third-order valence-electron chi connectivity index (χ3n) is 2.63. The lowest BCUT2D eigenvalue weighted by atomic mass is 10.1. The van der Waals surface area contributed by atoms with E-state index in [0.29, 0.717) is 12.8 Å². The van der Waals surface area contributed by atoms with E-state index < -0.39 is 5.60 Å². The van der Waals surface area contributed by atoms with E-state index in [9.17, 15) is 9.18 Å². The summed E-state index contributed by atoms with van der Waals surface area (Å²) in [6.45, 7) is 5.54. The highest BCUT2D eigenvalue weighted by molar-refractivity contribution is 7.17. The van der Waals surface area contributed by atoms with Crippen LogP contribution in [0.1, 0.15) is 32.8 Å². The van der Waals surface area contributed by atoms with Crippen LogP contribution in [0.4, 0.5) is 4.39 Å². The third kappa shape index (κ3) is 3.77. The SMILES string of the molecule is CC(C)(C)OC(=O)CCc1csc2ccc(F)cc12. The molecule has 1 aromatic carbocycles. The van der Waals surface area contributed by atoms with Crippen LogP contribution in [0.25, 0.3) is 10.1 Å². The normalized spacial score (nSPS) is 11.8. The van der Waals surface area contributed by atoms with E-state index in [-0.39, 0.29) is 11.8 Å². The van der Waals surface area contributed by atoms with Gasteiger partial charge >= 0.3 is 5.97 Å². The smallest absolute Gasteiger partial charge is 0.306 e. The van der Waals surface area contributed by atoms with E-state index in [4.69, 9.17) is 4.74 Å². The fourth-order valence-corrected chi connectivity index (χ4v) is 2.85. The Hall–Kier alpha value is -1.42. The zero-order chi connectivity index (χ0) is 14.0. The summed E-state index contributed by atoms with van der Waals surface area (Å²) in [5.74, 6) is -0.465. The Balaban J connectivity index is 2.06. The molecule has 0 aliphatic rings. The highest BCUT2D eigenvalue weighted by atomic mass is 32.1. The molecule has 0 spiro atoms. The van der Waals surface area contributed by atoms with Gasteiger partial charge in [-0.2, -0.15) is 0 Å². The molecule has 1 heterocycles. The molecule has 4 heteroatoms. The molecule has 2 nitrogen and oxygen atoms in total. The van der Waals surface area contributed by atoms with Gasteiger partial charge in [0, 0.05) is 11.1 Å². The largest absolute Gasteiger partial charge is 0.460 e. The van der Waals surface area contributed by atoms with Gasteiger partial charge in [-0.1, -0.05) is 0 Å². The number of hydrogen-bond donors (Lipinski definition) is 0. The van der Waals surface area contributed by atoms with Crippen LogP contribution in [0, 0.1) is 5.82 Å². The van der Waals surface area contributed by atoms with Gasteiger partial charge in [-0.15, -0.1) is 11.3 Å². The number of rotatable bonds is 3. The number of halogens is 1. The lowest BCUT2D eigenvalue weighted by molar-refractivity contribution is -0.154. The molecule has 1 aromatic heterocycles. The minimum Gasteiger partial charge on any atom is -0.460 e. The van der Waals surface area contributed by atoms with Crippen molar-refractivity contribution in [2.75, 3.05) is 0 Å². The van der Waals surface area contributed by atoms with Crippen LogP contribution in [0.5, 0.6) is 0 Å². The summed E-state index contributed by atoms with van der Waals surface area (Å²) < 4.78 is 19.5. The Labute approximate surface area is 116 Å². The van der Waals surface area contributed by atoms with Crippen molar-refractivity contribution in [3.05, 3.63) is 35.0 Å². The van der Waals surface area contributed by atoms with Gasteiger partial charge in [-0.3, -0.25) is 4.79 Å². The average Bonchev–Trinajstić information content (AvgIpc) is 2.66. The van der Waals surface area contributed by atoms with E-state index >= 15 is 0 Å². The highest BCUT2D eigenvalue weighted by Gasteiger charge is 2.16. The van der Waals surface area contributed by atoms with E-state index in [1.54, 1.807) is 17.4 Å². The van der Waals surface area contributed by atoms with Crippen molar-refractivity contribution in [3.8, 4) is 0 Å². The molecular formula is C15H17FO2S. The topological polar surface area (TPSA) is 26.3 Å². The molecule has 0 fully saturated rings. The summed E-state index contributed by atoms with van der Waals surface area (Å²) >= 11 is 1.57. The molecule has 0 saturated heterocycles. The number of carbonyl (C=O) groups excluding carboxylic acids is 1. The Morgan fingerprint density at radius 1 is 1.37 bits per heavy atom. The molecule has 2 aromatic rings. The van der Waals surface area contributed by atoms with Crippen LogP contribution in [-0.4, -0.2) is 11.6 Å². The quantitative estimate of drug-likeness (QED) is 0.783. The van der Waals surface area contributed by atoms with Crippen molar-refractivity contribution >= 4 is 27.4 Å². The monoisotopic (exact) mass is 280 g/mol. The van der Waals surface area contributed by atoms with Crippen molar-refractivity contribution in [2.45, 2.75) is 39.2 Å². The molecule has 0 aliphatic carbocycles. The van der Waals surface area contributed by atoms with Crippen LogP contribution in [0.3, 0.4) is 0 Å². The van der Waals surface area contributed by atoms with Gasteiger partial charge in [0.1, 0.15) is 11.4 Å². The molecule has 0 aliphatic heterocycles. The average molecular weight is 280 g/mol. The van der Waals surface area contributed by atoms with Gasteiger partial charge in [-0.05, 0) is 61.7 Å². The number of carbonyl (C=O) groups is 1. The third-order valence-corrected chi connectivity index (χ3v) is 3.65. The molecule has 0 amide bonds. The number of fused-ring (bicyclic) bond motifs is 1. The number of esters is 1. The van der Waals surface area contributed by atoms with Crippen molar-refractivity contribution in [3.63, 3.8) is 0 Å². The van der Waals surface area contributed by atoms with Gasteiger partial charge in [0.25, 0.3) is 0 Å². The second-order valence-electron chi connectivity index (χ2n) is 5.49. The summed E-state index contributed by atoms with van der Waals surface area (Å²) in [5.41, 5.74) is 0.547. The minimum absolute atomic E-state index is 0.219. The second kappa shape index (κ2) is 5.29. The first kappa shape index (κ1) is 14.0. The fourth-order valence-electron chi connectivity index (χ4n) is 1.88. The maximum atomic E-state index is 13.2. The minimum atomic E-state index is -0.458. The van der Waals surface area contributed by atoms with Crippen molar-refractivity contribution < 1.29 is 13.9 Å². The number of benzene rings is 1. The zero-order valence-corrected chi connectivity index (χ0v) is 12.1. The Kier molecular flexibility index (Phi) is 3.90. The molecule has 2 rings (SSSR count). The maximum Gasteiger partial charge on any atom is 0.306 e. The van der Waals surface area contributed by atoms with Crippen LogP contribution < -0.4 is 0 Å².